The van der Waals surface area contributed by atoms with E-state index in [9.17, 15) is 4.79 Å². The predicted octanol–water partition coefficient (Wildman–Crippen LogP) is 2.75. The number of nitrogens with zero attached hydrogens (tertiary/aromatic N) is 1. The fourth-order valence-corrected chi connectivity index (χ4v) is 2.86. The Balaban J connectivity index is 0.00000196. The fourth-order valence-electron chi connectivity index (χ4n) is 2.86. The zero-order valence-electron chi connectivity index (χ0n) is 15.6. The average Bonchev–Trinajstić information content (AvgIpc) is 2.68. The van der Waals surface area contributed by atoms with Gasteiger partial charge in [0.2, 0.25) is 0 Å². The molecular weight excluding hydrogens is 401 g/mol. The van der Waals surface area contributed by atoms with Gasteiger partial charge in [0.15, 0.2) is 0 Å². The Bertz CT molecular complexity index is 740. The van der Waals surface area contributed by atoms with Crippen molar-refractivity contribution in [3.8, 4) is 5.75 Å². The van der Waals surface area contributed by atoms with Gasteiger partial charge in [0.05, 0.1) is 13.2 Å². The number of nitrogen functional groups attached to an aromatic ring is 1. The number of carbonyl (C=O) groups excluding carboxylic acids is 1. The molecule has 0 atom stereocenters. The maximum absolute atomic E-state index is 12.3. The van der Waals surface area contributed by atoms with Crippen molar-refractivity contribution in [1.29, 1.82) is 0 Å². The van der Waals surface area contributed by atoms with Crippen molar-refractivity contribution < 1.29 is 14.3 Å². The highest BCUT2D eigenvalue weighted by molar-refractivity contribution is 5.94. The van der Waals surface area contributed by atoms with Crippen molar-refractivity contribution in [2.75, 3.05) is 45.2 Å². The molecule has 1 aliphatic heterocycles. The molecule has 0 unspecified atom stereocenters. The van der Waals surface area contributed by atoms with Crippen LogP contribution in [-0.4, -0.2) is 50.3 Å². The number of ether oxygens (including phenoxy) is 2. The van der Waals surface area contributed by atoms with Crippen LogP contribution in [0.1, 0.15) is 15.9 Å². The summed E-state index contributed by atoms with van der Waals surface area (Å²) in [5.74, 6) is 0.647. The average molecular weight is 428 g/mol. The molecule has 0 aliphatic carbocycles. The minimum atomic E-state index is -0.152. The zero-order chi connectivity index (χ0) is 18.2. The largest absolute Gasteiger partial charge is 0.492 e. The van der Waals surface area contributed by atoms with Crippen molar-refractivity contribution in [1.82, 2.24) is 10.2 Å². The number of morpholine rings is 1. The van der Waals surface area contributed by atoms with E-state index in [4.69, 9.17) is 15.2 Å². The lowest BCUT2D eigenvalue weighted by Crippen LogP contribution is -2.38. The third-order valence-corrected chi connectivity index (χ3v) is 4.33. The Labute approximate surface area is 178 Å². The number of hydrogen-bond donors (Lipinski definition) is 2. The smallest absolute Gasteiger partial charge is 0.251 e. The highest BCUT2D eigenvalue weighted by Crippen LogP contribution is 2.18. The molecule has 1 amide bonds. The van der Waals surface area contributed by atoms with Gasteiger partial charge in [-0.2, -0.15) is 0 Å². The summed E-state index contributed by atoms with van der Waals surface area (Å²) in [7, 11) is 0. The Kier molecular flexibility index (Phi) is 10.7. The lowest BCUT2D eigenvalue weighted by atomic mass is 10.1. The van der Waals surface area contributed by atoms with E-state index in [1.165, 1.54) is 0 Å². The highest BCUT2D eigenvalue weighted by atomic mass is 35.5. The highest BCUT2D eigenvalue weighted by Gasteiger charge is 2.11. The number of rotatable bonds is 7. The van der Waals surface area contributed by atoms with Gasteiger partial charge in [-0.05, 0) is 24.3 Å². The summed E-state index contributed by atoms with van der Waals surface area (Å²) in [6.07, 6.45) is 0. The number of amides is 1. The van der Waals surface area contributed by atoms with Gasteiger partial charge in [-0.15, -0.1) is 24.8 Å². The van der Waals surface area contributed by atoms with Gasteiger partial charge in [-0.3, -0.25) is 9.69 Å². The van der Waals surface area contributed by atoms with Crippen LogP contribution in [0, 0.1) is 0 Å². The summed E-state index contributed by atoms with van der Waals surface area (Å²) in [6.45, 7) is 5.34. The molecule has 2 aromatic rings. The van der Waals surface area contributed by atoms with E-state index in [1.807, 2.05) is 24.3 Å². The molecule has 154 valence electrons. The van der Waals surface area contributed by atoms with Crippen molar-refractivity contribution in [2.45, 2.75) is 6.54 Å². The number of carbonyl (C=O) groups is 1. The number of benzene rings is 2. The van der Waals surface area contributed by atoms with Gasteiger partial charge in [-0.25, -0.2) is 0 Å². The molecule has 2 aromatic carbocycles. The van der Waals surface area contributed by atoms with Crippen LogP contribution in [0.5, 0.6) is 5.75 Å². The lowest BCUT2D eigenvalue weighted by Gasteiger charge is -2.26. The Hall–Kier alpha value is -1.99. The van der Waals surface area contributed by atoms with Crippen LogP contribution in [-0.2, 0) is 11.3 Å². The first-order valence-electron chi connectivity index (χ1n) is 8.87. The Morgan fingerprint density at radius 1 is 1.11 bits per heavy atom. The molecule has 0 radical (unpaired) electrons. The maximum atomic E-state index is 12.3. The SMILES string of the molecule is Cl.Cl.Nc1cccc(C(=O)NCc2ccccc2OCCN2CCOCC2)c1. The molecule has 0 saturated carbocycles. The first-order chi connectivity index (χ1) is 12.7. The van der Waals surface area contributed by atoms with Crippen LogP contribution in [0.2, 0.25) is 0 Å². The van der Waals surface area contributed by atoms with Gasteiger partial charge < -0.3 is 20.5 Å². The van der Waals surface area contributed by atoms with Crippen molar-refractivity contribution in [2.24, 2.45) is 0 Å². The molecule has 1 aliphatic rings. The Morgan fingerprint density at radius 2 is 1.86 bits per heavy atom. The number of halogens is 2. The van der Waals surface area contributed by atoms with E-state index in [1.54, 1.807) is 24.3 Å². The standard InChI is InChI=1S/C20H25N3O3.2ClH/c21-18-6-3-5-16(14-18)20(24)22-15-17-4-1-2-7-19(17)26-13-10-23-8-11-25-12-9-23;;/h1-7,14H,8-13,15,21H2,(H,22,24);2*1H. The molecule has 8 heteroatoms. The molecule has 0 aromatic heterocycles. The van der Waals surface area contributed by atoms with Crippen LogP contribution < -0.4 is 15.8 Å². The van der Waals surface area contributed by atoms with E-state index in [2.05, 4.69) is 10.2 Å². The number of para-hydroxylation sites is 1. The molecular formula is C20H27Cl2N3O3. The first kappa shape index (κ1) is 24.0. The number of nitrogens with two attached hydrogens (primary N) is 1. The maximum Gasteiger partial charge on any atom is 0.251 e. The number of nitrogens with one attached hydrogen (secondary N) is 1. The normalized spacial score (nSPS) is 13.7. The molecule has 1 saturated heterocycles. The molecule has 3 N–H and O–H groups in total. The molecule has 1 fully saturated rings. The van der Waals surface area contributed by atoms with Crippen LogP contribution in [0.25, 0.3) is 0 Å². The first-order valence-corrected chi connectivity index (χ1v) is 8.87. The second-order valence-electron chi connectivity index (χ2n) is 6.22. The van der Waals surface area contributed by atoms with Crippen molar-refractivity contribution in [3.63, 3.8) is 0 Å². The summed E-state index contributed by atoms with van der Waals surface area (Å²) in [5, 5.41) is 2.92. The zero-order valence-corrected chi connectivity index (χ0v) is 17.3. The summed E-state index contributed by atoms with van der Waals surface area (Å²) in [6, 6.07) is 14.7. The topological polar surface area (TPSA) is 76.8 Å². The Morgan fingerprint density at radius 3 is 2.61 bits per heavy atom. The summed E-state index contributed by atoms with van der Waals surface area (Å²) in [5.41, 5.74) is 7.81. The van der Waals surface area contributed by atoms with Crippen LogP contribution in [0.15, 0.2) is 48.5 Å². The van der Waals surface area contributed by atoms with Crippen molar-refractivity contribution >= 4 is 36.4 Å². The van der Waals surface area contributed by atoms with E-state index < -0.39 is 0 Å². The third kappa shape index (κ3) is 7.20. The van der Waals surface area contributed by atoms with Gasteiger partial charge in [0.25, 0.3) is 5.91 Å². The number of hydrogen-bond acceptors (Lipinski definition) is 5. The number of anilines is 1. The second-order valence-corrected chi connectivity index (χ2v) is 6.22. The van der Waals surface area contributed by atoms with Crippen LogP contribution in [0.3, 0.4) is 0 Å². The summed E-state index contributed by atoms with van der Waals surface area (Å²) >= 11 is 0. The third-order valence-electron chi connectivity index (χ3n) is 4.33. The summed E-state index contributed by atoms with van der Waals surface area (Å²) < 4.78 is 11.3. The minimum Gasteiger partial charge on any atom is -0.492 e. The summed E-state index contributed by atoms with van der Waals surface area (Å²) in [4.78, 5) is 14.6. The minimum absolute atomic E-state index is 0. The van der Waals surface area contributed by atoms with Crippen LogP contribution in [0.4, 0.5) is 5.69 Å². The molecule has 1 heterocycles. The second kappa shape index (κ2) is 12.5. The predicted molar refractivity (Wildman–Crippen MR) is 116 cm³/mol. The van der Waals surface area contributed by atoms with E-state index in [-0.39, 0.29) is 30.7 Å². The fraction of sp³-hybridized carbons (Fsp3) is 0.350. The van der Waals surface area contributed by atoms with Gasteiger partial charge >= 0.3 is 0 Å². The van der Waals surface area contributed by atoms with Crippen LogP contribution >= 0.6 is 24.8 Å². The van der Waals surface area contributed by atoms with E-state index in [0.717, 1.165) is 44.2 Å². The molecule has 0 spiro atoms. The van der Waals surface area contributed by atoms with E-state index in [0.29, 0.717) is 24.4 Å². The van der Waals surface area contributed by atoms with E-state index >= 15 is 0 Å². The quantitative estimate of drug-likeness (QED) is 0.664. The van der Waals surface area contributed by atoms with Gasteiger partial charge in [0, 0.05) is 43.0 Å². The monoisotopic (exact) mass is 427 g/mol. The van der Waals surface area contributed by atoms with Gasteiger partial charge in [0.1, 0.15) is 12.4 Å². The molecule has 28 heavy (non-hydrogen) atoms. The lowest BCUT2D eigenvalue weighted by molar-refractivity contribution is 0.0322. The molecule has 0 bridgehead atoms. The van der Waals surface area contributed by atoms with Gasteiger partial charge in [-0.1, -0.05) is 24.3 Å². The molecule has 3 rings (SSSR count). The molecule has 6 nitrogen and oxygen atoms in total. The van der Waals surface area contributed by atoms with Crippen molar-refractivity contribution in [3.05, 3.63) is 59.7 Å².